The summed E-state index contributed by atoms with van der Waals surface area (Å²) >= 11 is 0. The molecule has 160 valence electrons. The fourth-order valence-electron chi connectivity index (χ4n) is 5.45. The van der Waals surface area contributed by atoms with Crippen molar-refractivity contribution < 1.29 is 13.2 Å². The molecule has 2 unspecified atom stereocenters. The van der Waals surface area contributed by atoms with E-state index in [1.807, 2.05) is 0 Å². The van der Waals surface area contributed by atoms with Crippen LogP contribution in [0.25, 0.3) is 0 Å². The van der Waals surface area contributed by atoms with Crippen molar-refractivity contribution in [3.8, 4) is 0 Å². The second kappa shape index (κ2) is 9.17. The third-order valence-electron chi connectivity index (χ3n) is 7.19. The van der Waals surface area contributed by atoms with Crippen LogP contribution in [0, 0.1) is 11.8 Å². The van der Waals surface area contributed by atoms with Crippen LogP contribution in [0.2, 0.25) is 0 Å². The van der Waals surface area contributed by atoms with Gasteiger partial charge in [0.15, 0.2) is 9.84 Å². The molecule has 1 amide bonds. The van der Waals surface area contributed by atoms with Crippen LogP contribution in [0.3, 0.4) is 0 Å². The van der Waals surface area contributed by atoms with E-state index >= 15 is 0 Å². The molecule has 1 saturated carbocycles. The highest BCUT2D eigenvalue weighted by Gasteiger charge is 2.35. The third-order valence-corrected chi connectivity index (χ3v) is 8.96. The number of sulfone groups is 1. The first kappa shape index (κ1) is 20.9. The summed E-state index contributed by atoms with van der Waals surface area (Å²) in [6, 6.07) is 11.2. The number of piperidine rings is 1. The molecular weight excluding hydrogens is 384 g/mol. The van der Waals surface area contributed by atoms with Crippen molar-refractivity contribution >= 4 is 15.7 Å². The van der Waals surface area contributed by atoms with Crippen molar-refractivity contribution in [3.05, 3.63) is 35.9 Å². The summed E-state index contributed by atoms with van der Waals surface area (Å²) in [6.45, 7) is 3.12. The normalized spacial score (nSPS) is 27.1. The maximum atomic E-state index is 12.4. The second-order valence-corrected chi connectivity index (χ2v) is 11.5. The predicted octanol–water partition coefficient (Wildman–Crippen LogP) is 2.98. The second-order valence-electron chi connectivity index (χ2n) is 9.25. The van der Waals surface area contributed by atoms with E-state index < -0.39 is 9.84 Å². The Morgan fingerprint density at radius 3 is 2.34 bits per heavy atom. The molecule has 2 atom stereocenters. The number of benzene rings is 1. The lowest BCUT2D eigenvalue weighted by molar-refractivity contribution is -0.125. The predicted molar refractivity (Wildman–Crippen MR) is 116 cm³/mol. The molecule has 2 saturated heterocycles. The van der Waals surface area contributed by atoms with Gasteiger partial charge < -0.3 is 10.2 Å². The summed E-state index contributed by atoms with van der Waals surface area (Å²) < 4.78 is 23.2. The summed E-state index contributed by atoms with van der Waals surface area (Å²) in [6.07, 6.45) is 7.80. The van der Waals surface area contributed by atoms with Gasteiger partial charge in [0.25, 0.3) is 0 Å². The maximum Gasteiger partial charge on any atom is 0.224 e. The number of amides is 1. The highest BCUT2D eigenvalue weighted by atomic mass is 32.2. The number of nitrogens with one attached hydrogen (secondary N) is 1. The Hall–Kier alpha value is -1.40. The first-order valence-electron chi connectivity index (χ1n) is 11.3. The zero-order valence-corrected chi connectivity index (χ0v) is 18.1. The molecule has 3 aliphatic rings. The van der Waals surface area contributed by atoms with Gasteiger partial charge in [0, 0.05) is 25.7 Å². The van der Waals surface area contributed by atoms with E-state index in [-0.39, 0.29) is 29.4 Å². The van der Waals surface area contributed by atoms with Crippen molar-refractivity contribution in [2.24, 2.45) is 11.8 Å². The fraction of sp³-hybridized carbons (Fsp3) is 0.696. The third kappa shape index (κ3) is 5.40. The van der Waals surface area contributed by atoms with Crippen molar-refractivity contribution in [2.45, 2.75) is 56.9 Å². The van der Waals surface area contributed by atoms with Crippen LogP contribution < -0.4 is 5.32 Å². The molecular formula is C23H34N2O3S. The highest BCUT2D eigenvalue weighted by Crippen LogP contribution is 2.38. The van der Waals surface area contributed by atoms with Crippen molar-refractivity contribution in [1.29, 1.82) is 0 Å². The van der Waals surface area contributed by atoms with Crippen molar-refractivity contribution in [1.82, 2.24) is 10.2 Å². The maximum absolute atomic E-state index is 12.4. The molecule has 2 heterocycles. The lowest BCUT2D eigenvalue weighted by Crippen LogP contribution is -2.47. The first-order chi connectivity index (χ1) is 14.0. The molecule has 0 radical (unpaired) electrons. The van der Waals surface area contributed by atoms with Crippen molar-refractivity contribution in [3.63, 3.8) is 0 Å². The number of rotatable bonds is 6. The molecule has 4 rings (SSSR count). The lowest BCUT2D eigenvalue weighted by atomic mass is 9.84. The molecule has 29 heavy (non-hydrogen) atoms. The average Bonchev–Trinajstić information content (AvgIpc) is 3.37. The highest BCUT2D eigenvalue weighted by molar-refractivity contribution is 7.91. The number of carbonyl (C=O) groups excluding carboxylic acids is 1. The van der Waals surface area contributed by atoms with Crippen LogP contribution in [0.1, 0.15) is 56.4 Å². The minimum atomic E-state index is -3.01. The van der Waals surface area contributed by atoms with E-state index in [1.165, 1.54) is 31.2 Å². The molecule has 0 bridgehead atoms. The SMILES string of the molecule is O=C(NC1CCN(CC(c2ccccc2)C2CCCC2)CC1)C1CCS(=O)(=O)C1. The summed E-state index contributed by atoms with van der Waals surface area (Å²) in [5.41, 5.74) is 1.47. The van der Waals surface area contributed by atoms with Gasteiger partial charge in [0.05, 0.1) is 17.4 Å². The Morgan fingerprint density at radius 2 is 1.72 bits per heavy atom. The Kier molecular flexibility index (Phi) is 6.60. The largest absolute Gasteiger partial charge is 0.353 e. The Bertz CT molecular complexity index is 782. The molecule has 1 N–H and O–H groups in total. The van der Waals surface area contributed by atoms with Gasteiger partial charge in [-0.1, -0.05) is 43.2 Å². The number of likely N-dealkylation sites (tertiary alicyclic amines) is 1. The van der Waals surface area contributed by atoms with Gasteiger partial charge in [0.1, 0.15) is 0 Å². The summed E-state index contributed by atoms with van der Waals surface area (Å²) in [4.78, 5) is 15.0. The standard InChI is InChI=1S/C23H34N2O3S/c26-23(20-12-15-29(27,28)17-20)24-21-10-13-25(14-11-21)16-22(19-8-4-5-9-19)18-6-2-1-3-7-18/h1-3,6-7,19-22H,4-5,8-17H2,(H,24,26). The minimum Gasteiger partial charge on any atom is -0.353 e. The average molecular weight is 419 g/mol. The summed E-state index contributed by atoms with van der Waals surface area (Å²) in [5, 5.41) is 3.13. The molecule has 1 aliphatic carbocycles. The molecule has 5 nitrogen and oxygen atoms in total. The van der Waals surface area contributed by atoms with E-state index in [2.05, 4.69) is 40.5 Å². The Morgan fingerprint density at radius 1 is 1.03 bits per heavy atom. The van der Waals surface area contributed by atoms with Crippen molar-refractivity contribution in [2.75, 3.05) is 31.1 Å². The van der Waals surface area contributed by atoms with Gasteiger partial charge in [-0.3, -0.25) is 4.79 Å². The van der Waals surface area contributed by atoms with E-state index in [0.717, 1.165) is 38.4 Å². The smallest absolute Gasteiger partial charge is 0.224 e. The number of hydrogen-bond donors (Lipinski definition) is 1. The van der Waals surface area contributed by atoms with Gasteiger partial charge in [-0.15, -0.1) is 0 Å². The first-order valence-corrected chi connectivity index (χ1v) is 13.1. The zero-order chi connectivity index (χ0) is 20.3. The molecule has 1 aromatic rings. The minimum absolute atomic E-state index is 0.0256. The zero-order valence-electron chi connectivity index (χ0n) is 17.3. The monoisotopic (exact) mass is 418 g/mol. The quantitative estimate of drug-likeness (QED) is 0.771. The molecule has 6 heteroatoms. The fourth-order valence-corrected chi connectivity index (χ4v) is 7.19. The summed E-state index contributed by atoms with van der Waals surface area (Å²) in [7, 11) is -3.01. The van der Waals surface area contributed by atoms with E-state index in [1.54, 1.807) is 0 Å². The van der Waals surface area contributed by atoms with Crippen LogP contribution >= 0.6 is 0 Å². The van der Waals surface area contributed by atoms with Gasteiger partial charge in [-0.25, -0.2) is 8.42 Å². The Labute approximate surface area is 175 Å². The van der Waals surface area contributed by atoms with Crippen LogP contribution in [0.15, 0.2) is 30.3 Å². The van der Waals surface area contributed by atoms with Gasteiger partial charge in [-0.05, 0) is 49.5 Å². The van der Waals surface area contributed by atoms with Crippen LogP contribution in [-0.4, -0.2) is 56.4 Å². The van der Waals surface area contributed by atoms with E-state index in [9.17, 15) is 13.2 Å². The lowest BCUT2D eigenvalue weighted by Gasteiger charge is -2.36. The van der Waals surface area contributed by atoms with Crippen LogP contribution in [0.4, 0.5) is 0 Å². The van der Waals surface area contributed by atoms with E-state index in [0.29, 0.717) is 12.3 Å². The van der Waals surface area contributed by atoms with Gasteiger partial charge in [-0.2, -0.15) is 0 Å². The molecule has 0 aromatic heterocycles. The van der Waals surface area contributed by atoms with Crippen LogP contribution in [0.5, 0.6) is 0 Å². The van der Waals surface area contributed by atoms with Gasteiger partial charge in [0.2, 0.25) is 5.91 Å². The molecule has 3 fully saturated rings. The molecule has 0 spiro atoms. The number of nitrogens with zero attached hydrogens (tertiary/aromatic N) is 1. The van der Waals surface area contributed by atoms with Crippen LogP contribution in [-0.2, 0) is 14.6 Å². The molecule has 2 aliphatic heterocycles. The topological polar surface area (TPSA) is 66.5 Å². The molecule has 1 aromatic carbocycles. The number of carbonyl (C=O) groups is 1. The van der Waals surface area contributed by atoms with Gasteiger partial charge >= 0.3 is 0 Å². The Balaban J connectivity index is 1.29. The summed E-state index contributed by atoms with van der Waals surface area (Å²) in [5.74, 6) is 1.18. The number of hydrogen-bond acceptors (Lipinski definition) is 4. The van der Waals surface area contributed by atoms with E-state index in [4.69, 9.17) is 0 Å².